The number of nitrogens with one attached hydrogen (secondary N) is 1. The van der Waals surface area contributed by atoms with Crippen molar-refractivity contribution in [3.8, 4) is 5.75 Å². The molecule has 1 heterocycles. The zero-order valence-corrected chi connectivity index (χ0v) is 16.9. The maximum Gasteiger partial charge on any atom is 0.338 e. The molecular formula is C21H28N2O5. The predicted octanol–water partition coefficient (Wildman–Crippen LogP) is 3.19. The fourth-order valence-electron chi connectivity index (χ4n) is 3.13. The van der Waals surface area contributed by atoms with Crippen molar-refractivity contribution in [1.82, 2.24) is 10.2 Å². The van der Waals surface area contributed by atoms with E-state index in [4.69, 9.17) is 14.2 Å². The molecule has 7 nitrogen and oxygen atoms in total. The Labute approximate surface area is 165 Å². The monoisotopic (exact) mass is 388 g/mol. The molecule has 1 aromatic rings. The lowest BCUT2D eigenvalue weighted by Gasteiger charge is -2.37. The van der Waals surface area contributed by atoms with Gasteiger partial charge in [-0.05, 0) is 38.5 Å². The highest BCUT2D eigenvalue weighted by atomic mass is 16.6. The van der Waals surface area contributed by atoms with Crippen molar-refractivity contribution < 1.29 is 23.8 Å². The van der Waals surface area contributed by atoms with Gasteiger partial charge in [-0.3, -0.25) is 4.90 Å². The van der Waals surface area contributed by atoms with E-state index in [2.05, 4.69) is 11.9 Å². The second-order valence-corrected chi connectivity index (χ2v) is 6.65. The number of carbonyl (C=O) groups excluding carboxylic acids is 2. The van der Waals surface area contributed by atoms with Gasteiger partial charge < -0.3 is 19.5 Å². The average Bonchev–Trinajstić information content (AvgIpc) is 2.66. The summed E-state index contributed by atoms with van der Waals surface area (Å²) in [5, 5.41) is 2.92. The maximum atomic E-state index is 12.8. The molecule has 1 aliphatic rings. The van der Waals surface area contributed by atoms with Crippen LogP contribution in [0.4, 0.5) is 4.79 Å². The third-order valence-electron chi connectivity index (χ3n) is 4.34. The third kappa shape index (κ3) is 4.92. The molecule has 2 amide bonds. The van der Waals surface area contributed by atoms with E-state index < -0.39 is 12.0 Å². The Morgan fingerprint density at radius 2 is 2.11 bits per heavy atom. The molecule has 2 rings (SSSR count). The van der Waals surface area contributed by atoms with Gasteiger partial charge in [0.25, 0.3) is 0 Å². The first-order valence-electron chi connectivity index (χ1n) is 9.20. The van der Waals surface area contributed by atoms with Gasteiger partial charge in [-0.25, -0.2) is 9.59 Å². The summed E-state index contributed by atoms with van der Waals surface area (Å²) in [5.74, 6) is 0.144. The van der Waals surface area contributed by atoms with Crippen LogP contribution in [0.25, 0.3) is 0 Å². The summed E-state index contributed by atoms with van der Waals surface area (Å²) in [6.45, 7) is 9.98. The Balaban J connectivity index is 2.43. The number of amides is 2. The maximum absolute atomic E-state index is 12.8. The number of hydrogen-bond donors (Lipinski definition) is 1. The molecule has 1 N–H and O–H groups in total. The van der Waals surface area contributed by atoms with E-state index in [-0.39, 0.29) is 18.7 Å². The number of rotatable bonds is 9. The second-order valence-electron chi connectivity index (χ2n) is 6.65. The lowest BCUT2D eigenvalue weighted by molar-refractivity contribution is -0.140. The minimum absolute atomic E-state index is 0.106. The van der Waals surface area contributed by atoms with Gasteiger partial charge in [-0.2, -0.15) is 0 Å². The summed E-state index contributed by atoms with van der Waals surface area (Å²) < 4.78 is 15.9. The Hall–Kier alpha value is -2.80. The summed E-state index contributed by atoms with van der Waals surface area (Å²) in [4.78, 5) is 27.1. The van der Waals surface area contributed by atoms with Gasteiger partial charge in [-0.15, -0.1) is 0 Å². The van der Waals surface area contributed by atoms with Gasteiger partial charge in [-0.1, -0.05) is 24.8 Å². The Kier molecular flexibility index (Phi) is 7.63. The molecule has 152 valence electrons. The molecule has 0 spiro atoms. The van der Waals surface area contributed by atoms with Crippen LogP contribution in [0.1, 0.15) is 32.4 Å². The lowest BCUT2D eigenvalue weighted by atomic mass is 9.94. The fourth-order valence-corrected chi connectivity index (χ4v) is 3.13. The van der Waals surface area contributed by atoms with Crippen molar-refractivity contribution in [3.05, 3.63) is 53.8 Å². The number of ether oxygens (including phenoxy) is 3. The molecule has 1 atom stereocenters. The van der Waals surface area contributed by atoms with E-state index in [0.717, 1.165) is 5.56 Å². The molecule has 0 aliphatic carbocycles. The largest absolute Gasteiger partial charge is 0.490 e. The van der Waals surface area contributed by atoms with E-state index in [1.807, 2.05) is 32.0 Å². The van der Waals surface area contributed by atoms with Crippen LogP contribution in [0, 0.1) is 0 Å². The molecule has 0 bridgehead atoms. The summed E-state index contributed by atoms with van der Waals surface area (Å²) in [6, 6.07) is 6.27. The molecule has 0 fully saturated rings. The van der Waals surface area contributed by atoms with E-state index in [1.54, 1.807) is 24.0 Å². The summed E-state index contributed by atoms with van der Waals surface area (Å²) in [6.07, 6.45) is 1.65. The van der Waals surface area contributed by atoms with Crippen LogP contribution >= 0.6 is 0 Å². The predicted molar refractivity (Wildman–Crippen MR) is 106 cm³/mol. The van der Waals surface area contributed by atoms with Gasteiger partial charge in [0.05, 0.1) is 18.2 Å². The standard InChI is InChI=1S/C21H28N2O5/c1-6-10-27-17-9-7-8-16(13-17)19-18(20(24)28-12-11-26-5)15(4)23(14(2)3)21(25)22-19/h6-9,13-14,19H,1,10-12H2,2-5H3,(H,22,25)/t19-/m1/s1. The molecule has 7 heteroatoms. The number of benzene rings is 1. The van der Waals surface area contributed by atoms with Crippen LogP contribution in [0.5, 0.6) is 5.75 Å². The van der Waals surface area contributed by atoms with E-state index in [9.17, 15) is 9.59 Å². The summed E-state index contributed by atoms with van der Waals surface area (Å²) in [5.41, 5.74) is 1.70. The highest BCUT2D eigenvalue weighted by Gasteiger charge is 2.37. The number of allylic oxidation sites excluding steroid dienone is 1. The van der Waals surface area contributed by atoms with Gasteiger partial charge in [0, 0.05) is 18.8 Å². The zero-order valence-electron chi connectivity index (χ0n) is 16.9. The van der Waals surface area contributed by atoms with Gasteiger partial charge in [0.2, 0.25) is 0 Å². The first-order valence-corrected chi connectivity index (χ1v) is 9.20. The second kappa shape index (κ2) is 9.94. The highest BCUT2D eigenvalue weighted by molar-refractivity contribution is 5.95. The SMILES string of the molecule is C=CCOc1cccc([C@H]2NC(=O)N(C(C)C)C(C)=C2C(=O)OCCOC)c1. The first-order chi connectivity index (χ1) is 13.4. The van der Waals surface area contributed by atoms with E-state index in [0.29, 0.717) is 30.2 Å². The van der Waals surface area contributed by atoms with Crippen LogP contribution in [0.15, 0.2) is 48.2 Å². The molecule has 0 saturated carbocycles. The molecule has 0 saturated heterocycles. The number of esters is 1. The first kappa shape index (κ1) is 21.5. The van der Waals surface area contributed by atoms with E-state index >= 15 is 0 Å². The zero-order chi connectivity index (χ0) is 20.7. The summed E-state index contributed by atoms with van der Waals surface area (Å²) >= 11 is 0. The van der Waals surface area contributed by atoms with Gasteiger partial charge in [0.15, 0.2) is 0 Å². The molecule has 0 radical (unpaired) electrons. The quantitative estimate of drug-likeness (QED) is 0.399. The number of nitrogens with zero attached hydrogens (tertiary/aromatic N) is 1. The van der Waals surface area contributed by atoms with Crippen molar-refractivity contribution in [2.24, 2.45) is 0 Å². The minimum Gasteiger partial charge on any atom is -0.490 e. The van der Waals surface area contributed by atoms with Crippen molar-refractivity contribution >= 4 is 12.0 Å². The Morgan fingerprint density at radius 1 is 1.36 bits per heavy atom. The highest BCUT2D eigenvalue weighted by Crippen LogP contribution is 2.33. The van der Waals surface area contributed by atoms with Crippen molar-refractivity contribution in [2.45, 2.75) is 32.9 Å². The lowest BCUT2D eigenvalue weighted by Crippen LogP contribution is -2.50. The molecule has 0 unspecified atom stereocenters. The van der Waals surface area contributed by atoms with Crippen LogP contribution in [-0.4, -0.2) is 49.9 Å². The number of urea groups is 1. The molecule has 1 aliphatic heterocycles. The normalized spacial score (nSPS) is 16.8. The topological polar surface area (TPSA) is 77.1 Å². The number of carbonyl (C=O) groups is 2. The van der Waals surface area contributed by atoms with E-state index in [1.165, 1.54) is 7.11 Å². The molecule has 0 aromatic heterocycles. The smallest absolute Gasteiger partial charge is 0.338 e. The third-order valence-corrected chi connectivity index (χ3v) is 4.34. The van der Waals surface area contributed by atoms with Crippen molar-refractivity contribution in [3.63, 3.8) is 0 Å². The Bertz CT molecular complexity index is 757. The minimum atomic E-state index is -0.634. The van der Waals surface area contributed by atoms with Crippen molar-refractivity contribution in [2.75, 3.05) is 26.9 Å². The molecule has 28 heavy (non-hydrogen) atoms. The van der Waals surface area contributed by atoms with Crippen molar-refractivity contribution in [1.29, 1.82) is 0 Å². The van der Waals surface area contributed by atoms with Crippen LogP contribution in [0.2, 0.25) is 0 Å². The van der Waals surface area contributed by atoms with Crippen LogP contribution in [-0.2, 0) is 14.3 Å². The number of hydrogen-bond acceptors (Lipinski definition) is 5. The van der Waals surface area contributed by atoms with Gasteiger partial charge >= 0.3 is 12.0 Å². The van der Waals surface area contributed by atoms with Gasteiger partial charge in [0.1, 0.15) is 19.0 Å². The average molecular weight is 388 g/mol. The summed E-state index contributed by atoms with van der Waals surface area (Å²) in [7, 11) is 1.54. The van der Waals surface area contributed by atoms with Crippen LogP contribution < -0.4 is 10.1 Å². The Morgan fingerprint density at radius 3 is 2.75 bits per heavy atom. The van der Waals surface area contributed by atoms with Crippen LogP contribution in [0.3, 0.4) is 0 Å². The fraction of sp³-hybridized carbons (Fsp3) is 0.429. The molecule has 1 aromatic carbocycles. The number of methoxy groups -OCH3 is 1. The molecular weight excluding hydrogens is 360 g/mol.